The maximum atomic E-state index is 9.44. The first-order valence-electron chi connectivity index (χ1n) is 6.24. The molecule has 18 heavy (non-hydrogen) atoms. The van der Waals surface area contributed by atoms with E-state index in [2.05, 4.69) is 9.55 Å². The Labute approximate surface area is 111 Å². The molecule has 0 aliphatic heterocycles. The molecule has 0 amide bonds. The minimum absolute atomic E-state index is 0.0133. The maximum absolute atomic E-state index is 9.44. The summed E-state index contributed by atoms with van der Waals surface area (Å²) in [6, 6.07) is 5.57. The van der Waals surface area contributed by atoms with E-state index in [0.717, 1.165) is 24.1 Å². The molecule has 0 saturated heterocycles. The van der Waals surface area contributed by atoms with E-state index in [-0.39, 0.29) is 6.61 Å². The third-order valence-electron chi connectivity index (χ3n) is 3.51. The van der Waals surface area contributed by atoms with Gasteiger partial charge in [-0.05, 0) is 37.8 Å². The number of benzene rings is 1. The summed E-state index contributed by atoms with van der Waals surface area (Å²) in [6.45, 7) is 0.0133. The Hall–Kier alpha value is -1.32. The molecule has 1 aromatic heterocycles. The first-order chi connectivity index (χ1) is 8.79. The minimum Gasteiger partial charge on any atom is -0.392 e. The number of aryl methyl sites for hydroxylation is 1. The Morgan fingerprint density at radius 2 is 2.11 bits per heavy atom. The fraction of sp³-hybridized carbons (Fsp3) is 0.357. The van der Waals surface area contributed by atoms with E-state index in [1.54, 1.807) is 6.07 Å². The van der Waals surface area contributed by atoms with Crippen molar-refractivity contribution in [1.82, 2.24) is 9.55 Å². The van der Waals surface area contributed by atoms with Crippen LogP contribution in [0, 0.1) is 0 Å². The van der Waals surface area contributed by atoms with Crippen molar-refractivity contribution in [3.8, 4) is 5.69 Å². The van der Waals surface area contributed by atoms with Crippen molar-refractivity contribution in [2.75, 3.05) is 0 Å². The van der Waals surface area contributed by atoms with Gasteiger partial charge in [-0.3, -0.25) is 0 Å². The van der Waals surface area contributed by atoms with Crippen molar-refractivity contribution in [3.05, 3.63) is 46.5 Å². The van der Waals surface area contributed by atoms with Gasteiger partial charge in [-0.15, -0.1) is 0 Å². The molecule has 4 heteroatoms. The van der Waals surface area contributed by atoms with Crippen molar-refractivity contribution in [2.45, 2.75) is 32.3 Å². The molecule has 0 radical (unpaired) electrons. The number of hydrogen-bond donors (Lipinski definition) is 1. The zero-order chi connectivity index (χ0) is 12.5. The topological polar surface area (TPSA) is 38.0 Å². The van der Waals surface area contributed by atoms with Gasteiger partial charge in [0, 0.05) is 16.3 Å². The molecule has 94 valence electrons. The van der Waals surface area contributed by atoms with E-state index in [1.807, 2.05) is 18.5 Å². The predicted molar refractivity (Wildman–Crippen MR) is 71.1 cm³/mol. The van der Waals surface area contributed by atoms with Crippen LogP contribution in [-0.4, -0.2) is 14.7 Å². The van der Waals surface area contributed by atoms with Gasteiger partial charge < -0.3 is 9.67 Å². The number of aliphatic hydroxyl groups excluding tert-OH is 1. The molecule has 1 aliphatic carbocycles. The molecule has 1 N–H and O–H groups in total. The van der Waals surface area contributed by atoms with Crippen LogP contribution < -0.4 is 0 Å². The third kappa shape index (κ3) is 1.93. The minimum atomic E-state index is 0.0133. The summed E-state index contributed by atoms with van der Waals surface area (Å²) < 4.78 is 2.08. The van der Waals surface area contributed by atoms with Gasteiger partial charge in [-0.25, -0.2) is 4.98 Å². The molecule has 0 bridgehead atoms. The lowest BCUT2D eigenvalue weighted by Crippen LogP contribution is -2.08. The second-order valence-electron chi connectivity index (χ2n) is 4.65. The maximum Gasteiger partial charge on any atom is 0.0997 e. The van der Waals surface area contributed by atoms with Gasteiger partial charge in [0.2, 0.25) is 0 Å². The van der Waals surface area contributed by atoms with Crippen molar-refractivity contribution in [2.24, 2.45) is 0 Å². The number of rotatable bonds is 2. The largest absolute Gasteiger partial charge is 0.392 e. The number of imidazole rings is 1. The zero-order valence-electron chi connectivity index (χ0n) is 10.1. The van der Waals surface area contributed by atoms with Gasteiger partial charge in [0.1, 0.15) is 0 Å². The second kappa shape index (κ2) is 4.75. The first-order valence-corrected chi connectivity index (χ1v) is 6.62. The fourth-order valence-corrected chi connectivity index (χ4v) is 2.74. The highest BCUT2D eigenvalue weighted by Crippen LogP contribution is 2.26. The average molecular weight is 263 g/mol. The van der Waals surface area contributed by atoms with Crippen molar-refractivity contribution in [3.63, 3.8) is 0 Å². The molecule has 0 spiro atoms. The summed E-state index contributed by atoms with van der Waals surface area (Å²) in [7, 11) is 0. The number of fused-ring (bicyclic) bond motifs is 1. The highest BCUT2D eigenvalue weighted by Gasteiger charge is 2.17. The van der Waals surface area contributed by atoms with Gasteiger partial charge >= 0.3 is 0 Å². The van der Waals surface area contributed by atoms with E-state index < -0.39 is 0 Å². The fourth-order valence-electron chi connectivity index (χ4n) is 2.57. The summed E-state index contributed by atoms with van der Waals surface area (Å²) in [5.41, 5.74) is 4.27. The number of nitrogens with zero attached hydrogens (tertiary/aromatic N) is 2. The number of aliphatic hydroxyl groups is 1. The summed E-state index contributed by atoms with van der Waals surface area (Å²) in [6.07, 6.45) is 6.37. The van der Waals surface area contributed by atoms with Crippen LogP contribution in [0.4, 0.5) is 0 Å². The van der Waals surface area contributed by atoms with Crippen molar-refractivity contribution in [1.29, 1.82) is 0 Å². The molecular weight excluding hydrogens is 248 g/mol. The predicted octanol–water partition coefficient (Wildman–Crippen LogP) is 2.90. The first kappa shape index (κ1) is 11.8. The summed E-state index contributed by atoms with van der Waals surface area (Å²) in [5.74, 6) is 0. The SMILES string of the molecule is OCc1ccc(Cl)cc1-n1cnc2c1CCCC2. The highest BCUT2D eigenvalue weighted by molar-refractivity contribution is 6.30. The molecule has 3 nitrogen and oxygen atoms in total. The van der Waals surface area contributed by atoms with Gasteiger partial charge in [0.15, 0.2) is 0 Å². The molecule has 0 fully saturated rings. The third-order valence-corrected chi connectivity index (χ3v) is 3.74. The van der Waals surface area contributed by atoms with Crippen molar-refractivity contribution >= 4 is 11.6 Å². The Kier molecular flexibility index (Phi) is 3.10. The van der Waals surface area contributed by atoms with Crippen LogP contribution in [0.3, 0.4) is 0 Å². The number of halogens is 1. The van der Waals surface area contributed by atoms with Gasteiger partial charge in [0.25, 0.3) is 0 Å². The van der Waals surface area contributed by atoms with Gasteiger partial charge in [-0.2, -0.15) is 0 Å². The lowest BCUT2D eigenvalue weighted by molar-refractivity contribution is 0.281. The Morgan fingerprint density at radius 1 is 1.28 bits per heavy atom. The lowest BCUT2D eigenvalue weighted by Gasteiger charge is -2.16. The molecule has 3 rings (SSSR count). The van der Waals surface area contributed by atoms with Crippen molar-refractivity contribution < 1.29 is 5.11 Å². The van der Waals surface area contributed by atoms with Gasteiger partial charge in [0.05, 0.1) is 24.3 Å². The van der Waals surface area contributed by atoms with Gasteiger partial charge in [-0.1, -0.05) is 17.7 Å². The number of hydrogen-bond acceptors (Lipinski definition) is 2. The number of aromatic nitrogens is 2. The van der Waals surface area contributed by atoms with Crippen LogP contribution in [0.15, 0.2) is 24.5 Å². The van der Waals surface area contributed by atoms with E-state index in [9.17, 15) is 5.11 Å². The van der Waals surface area contributed by atoms with E-state index in [0.29, 0.717) is 5.02 Å². The lowest BCUT2D eigenvalue weighted by atomic mass is 10.0. The monoisotopic (exact) mass is 262 g/mol. The average Bonchev–Trinajstić information content (AvgIpc) is 2.82. The molecular formula is C14H15ClN2O. The van der Waals surface area contributed by atoms with E-state index >= 15 is 0 Å². The Morgan fingerprint density at radius 3 is 2.94 bits per heavy atom. The van der Waals surface area contributed by atoms with Crippen LogP contribution in [-0.2, 0) is 19.4 Å². The van der Waals surface area contributed by atoms with E-state index in [4.69, 9.17) is 11.6 Å². The quantitative estimate of drug-likeness (QED) is 0.904. The normalized spacial score (nSPS) is 14.6. The summed E-state index contributed by atoms with van der Waals surface area (Å²) in [4.78, 5) is 4.48. The smallest absolute Gasteiger partial charge is 0.0997 e. The second-order valence-corrected chi connectivity index (χ2v) is 5.08. The van der Waals surface area contributed by atoms with Crippen LogP contribution in [0.1, 0.15) is 29.8 Å². The van der Waals surface area contributed by atoms with E-state index in [1.165, 1.54) is 24.2 Å². The van der Waals surface area contributed by atoms with Crippen LogP contribution >= 0.6 is 11.6 Å². The molecule has 1 heterocycles. The van der Waals surface area contributed by atoms with Crippen LogP contribution in [0.2, 0.25) is 5.02 Å². The molecule has 1 aliphatic rings. The molecule has 1 aromatic carbocycles. The summed E-state index contributed by atoms with van der Waals surface area (Å²) >= 11 is 6.06. The summed E-state index contributed by atoms with van der Waals surface area (Å²) in [5, 5.41) is 10.1. The molecule has 2 aromatic rings. The van der Waals surface area contributed by atoms with Crippen LogP contribution in [0.5, 0.6) is 0 Å². The zero-order valence-corrected chi connectivity index (χ0v) is 10.8. The highest BCUT2D eigenvalue weighted by atomic mass is 35.5. The molecule has 0 atom stereocenters. The van der Waals surface area contributed by atoms with Crippen LogP contribution in [0.25, 0.3) is 5.69 Å². The standard InChI is InChI=1S/C14H15ClN2O/c15-11-6-5-10(8-18)14(7-11)17-9-16-12-3-1-2-4-13(12)17/h5-7,9,18H,1-4,8H2. The molecule has 0 saturated carbocycles. The molecule has 0 unspecified atom stereocenters. The Bertz CT molecular complexity index is 577. The Balaban J connectivity index is 2.14.